The number of ether oxygens (including phenoxy) is 2. The van der Waals surface area contributed by atoms with Crippen LogP contribution in [0.4, 0.5) is 0 Å². The minimum Gasteiger partial charge on any atom is -0.496 e. The Hall–Kier alpha value is -3.34. The van der Waals surface area contributed by atoms with Crippen LogP contribution in [0, 0.1) is 13.8 Å². The first-order valence-electron chi connectivity index (χ1n) is 8.50. The van der Waals surface area contributed by atoms with Crippen molar-refractivity contribution in [2.24, 2.45) is 0 Å². The molecule has 0 saturated carbocycles. The molecule has 0 unspecified atom stereocenters. The summed E-state index contributed by atoms with van der Waals surface area (Å²) in [6, 6.07) is 12.5. The first kappa shape index (κ1) is 18.5. The van der Waals surface area contributed by atoms with Crippen LogP contribution < -0.4 is 10.4 Å². The number of methoxy groups -OCH3 is 1. The van der Waals surface area contributed by atoms with E-state index in [2.05, 4.69) is 0 Å². The van der Waals surface area contributed by atoms with Crippen molar-refractivity contribution >= 4 is 23.0 Å². The fourth-order valence-electron chi connectivity index (χ4n) is 2.80. The number of para-hydroxylation sites is 1. The third-order valence-electron chi connectivity index (χ3n) is 4.43. The van der Waals surface area contributed by atoms with Crippen molar-refractivity contribution in [3.8, 4) is 5.75 Å². The van der Waals surface area contributed by atoms with Gasteiger partial charge in [-0.3, -0.25) is 0 Å². The molecule has 0 N–H and O–H groups in total. The van der Waals surface area contributed by atoms with Gasteiger partial charge in [-0.1, -0.05) is 30.3 Å². The minimum atomic E-state index is -0.508. The van der Waals surface area contributed by atoms with Gasteiger partial charge in [0.15, 0.2) is 0 Å². The SMILES string of the molecule is COc1ccccc1/C=C/C(=O)OCc1cc(=O)oc2c(C)c(C)ccc12. The Labute approximate surface area is 156 Å². The first-order chi connectivity index (χ1) is 13.0. The Balaban J connectivity index is 1.79. The molecule has 0 bridgehead atoms. The maximum atomic E-state index is 12.1. The predicted molar refractivity (Wildman–Crippen MR) is 104 cm³/mol. The summed E-state index contributed by atoms with van der Waals surface area (Å²) in [6.45, 7) is 3.83. The van der Waals surface area contributed by atoms with E-state index in [1.807, 2.05) is 50.2 Å². The molecule has 0 spiro atoms. The van der Waals surface area contributed by atoms with Crippen molar-refractivity contribution < 1.29 is 18.7 Å². The molecule has 0 saturated heterocycles. The van der Waals surface area contributed by atoms with Crippen molar-refractivity contribution in [3.05, 3.63) is 81.2 Å². The number of aryl methyl sites for hydroxylation is 2. The van der Waals surface area contributed by atoms with Gasteiger partial charge in [0, 0.05) is 28.7 Å². The highest BCUT2D eigenvalue weighted by molar-refractivity contribution is 5.88. The largest absolute Gasteiger partial charge is 0.496 e. The topological polar surface area (TPSA) is 65.7 Å². The lowest BCUT2D eigenvalue weighted by Crippen LogP contribution is -2.06. The fourth-order valence-corrected chi connectivity index (χ4v) is 2.80. The number of hydrogen-bond donors (Lipinski definition) is 0. The zero-order valence-electron chi connectivity index (χ0n) is 15.4. The van der Waals surface area contributed by atoms with Gasteiger partial charge in [0.2, 0.25) is 0 Å². The lowest BCUT2D eigenvalue weighted by Gasteiger charge is -2.09. The highest BCUT2D eigenvalue weighted by atomic mass is 16.5. The summed E-state index contributed by atoms with van der Waals surface area (Å²) in [6.07, 6.45) is 2.97. The van der Waals surface area contributed by atoms with Crippen LogP contribution in [0.15, 0.2) is 57.8 Å². The van der Waals surface area contributed by atoms with Crippen LogP contribution in [0.5, 0.6) is 5.75 Å². The van der Waals surface area contributed by atoms with E-state index in [9.17, 15) is 9.59 Å². The lowest BCUT2D eigenvalue weighted by molar-refractivity contribution is -0.138. The van der Waals surface area contributed by atoms with Crippen LogP contribution in [-0.2, 0) is 16.1 Å². The molecule has 2 aromatic carbocycles. The van der Waals surface area contributed by atoms with Gasteiger partial charge in [-0.25, -0.2) is 9.59 Å². The number of hydrogen-bond acceptors (Lipinski definition) is 5. The summed E-state index contributed by atoms with van der Waals surface area (Å²) in [5.74, 6) is 0.158. The van der Waals surface area contributed by atoms with E-state index in [0.717, 1.165) is 22.1 Å². The smallest absolute Gasteiger partial charge is 0.336 e. The number of benzene rings is 2. The summed E-state index contributed by atoms with van der Waals surface area (Å²) >= 11 is 0. The molecule has 0 atom stereocenters. The van der Waals surface area contributed by atoms with Crippen molar-refractivity contribution in [2.45, 2.75) is 20.5 Å². The first-order valence-corrected chi connectivity index (χ1v) is 8.50. The Morgan fingerprint density at radius 3 is 2.70 bits per heavy atom. The van der Waals surface area contributed by atoms with Crippen LogP contribution in [0.3, 0.4) is 0 Å². The number of rotatable bonds is 5. The van der Waals surface area contributed by atoms with Gasteiger partial charge < -0.3 is 13.9 Å². The van der Waals surface area contributed by atoms with Gasteiger partial charge in [0.25, 0.3) is 0 Å². The second kappa shape index (κ2) is 7.91. The molecule has 138 valence electrons. The summed E-state index contributed by atoms with van der Waals surface area (Å²) < 4.78 is 15.9. The average Bonchev–Trinajstić information content (AvgIpc) is 2.67. The molecule has 5 heteroatoms. The third kappa shape index (κ3) is 4.08. The molecule has 1 heterocycles. The van der Waals surface area contributed by atoms with E-state index >= 15 is 0 Å². The zero-order chi connectivity index (χ0) is 19.4. The maximum Gasteiger partial charge on any atom is 0.336 e. The highest BCUT2D eigenvalue weighted by Gasteiger charge is 2.11. The summed E-state index contributed by atoms with van der Waals surface area (Å²) in [5, 5.41) is 0.763. The van der Waals surface area contributed by atoms with Gasteiger partial charge in [-0.2, -0.15) is 0 Å². The molecule has 0 amide bonds. The van der Waals surface area contributed by atoms with E-state index < -0.39 is 11.6 Å². The van der Waals surface area contributed by atoms with Gasteiger partial charge in [0.1, 0.15) is 17.9 Å². The van der Waals surface area contributed by atoms with Gasteiger partial charge in [-0.15, -0.1) is 0 Å². The number of carbonyl (C=O) groups excluding carboxylic acids is 1. The highest BCUT2D eigenvalue weighted by Crippen LogP contribution is 2.24. The average molecular weight is 364 g/mol. The summed E-state index contributed by atoms with van der Waals surface area (Å²) in [5.41, 5.74) is 3.37. The molecule has 0 aliphatic heterocycles. The standard InChI is InChI=1S/C22H20O5/c1-14-8-10-18-17(12-21(24)27-22(18)15(14)2)13-26-20(23)11-9-16-6-4-5-7-19(16)25-3/h4-12H,13H2,1-3H3/b11-9+. The van der Waals surface area contributed by atoms with Crippen LogP contribution in [0.1, 0.15) is 22.3 Å². The minimum absolute atomic E-state index is 0.0142. The van der Waals surface area contributed by atoms with E-state index in [1.165, 1.54) is 12.1 Å². The number of esters is 1. The Bertz CT molecular complexity index is 1080. The third-order valence-corrected chi connectivity index (χ3v) is 4.43. The Morgan fingerprint density at radius 2 is 1.93 bits per heavy atom. The molecule has 27 heavy (non-hydrogen) atoms. The second-order valence-electron chi connectivity index (χ2n) is 6.16. The Morgan fingerprint density at radius 1 is 1.15 bits per heavy atom. The monoisotopic (exact) mass is 364 g/mol. The summed E-state index contributed by atoms with van der Waals surface area (Å²) in [7, 11) is 1.57. The maximum absolute atomic E-state index is 12.1. The molecular formula is C22H20O5. The van der Waals surface area contributed by atoms with E-state index in [0.29, 0.717) is 16.9 Å². The predicted octanol–water partition coefficient (Wildman–Crippen LogP) is 4.18. The molecule has 3 rings (SSSR count). The lowest BCUT2D eigenvalue weighted by atomic mass is 10.0. The number of carbonyl (C=O) groups is 1. The van der Waals surface area contributed by atoms with Crippen LogP contribution in [0.2, 0.25) is 0 Å². The summed E-state index contributed by atoms with van der Waals surface area (Å²) in [4.78, 5) is 23.9. The molecule has 0 aliphatic carbocycles. The quantitative estimate of drug-likeness (QED) is 0.386. The van der Waals surface area contributed by atoms with E-state index in [-0.39, 0.29) is 6.61 Å². The molecule has 0 radical (unpaired) electrons. The second-order valence-corrected chi connectivity index (χ2v) is 6.16. The van der Waals surface area contributed by atoms with Crippen LogP contribution >= 0.6 is 0 Å². The van der Waals surface area contributed by atoms with E-state index in [1.54, 1.807) is 13.2 Å². The van der Waals surface area contributed by atoms with Gasteiger partial charge in [-0.05, 0) is 37.1 Å². The molecular weight excluding hydrogens is 344 g/mol. The van der Waals surface area contributed by atoms with Crippen LogP contribution in [-0.4, -0.2) is 13.1 Å². The van der Waals surface area contributed by atoms with Crippen LogP contribution in [0.25, 0.3) is 17.0 Å². The van der Waals surface area contributed by atoms with Crippen molar-refractivity contribution in [1.29, 1.82) is 0 Å². The molecule has 0 fully saturated rings. The molecule has 3 aromatic rings. The molecule has 5 nitrogen and oxygen atoms in total. The Kier molecular flexibility index (Phi) is 5.41. The number of fused-ring (bicyclic) bond motifs is 1. The van der Waals surface area contributed by atoms with Gasteiger partial charge in [0.05, 0.1) is 7.11 Å². The van der Waals surface area contributed by atoms with Crippen molar-refractivity contribution in [2.75, 3.05) is 7.11 Å². The van der Waals surface area contributed by atoms with Gasteiger partial charge >= 0.3 is 11.6 Å². The van der Waals surface area contributed by atoms with Crippen molar-refractivity contribution in [3.63, 3.8) is 0 Å². The molecule has 1 aromatic heterocycles. The molecule has 0 aliphatic rings. The van der Waals surface area contributed by atoms with Crippen molar-refractivity contribution in [1.82, 2.24) is 0 Å². The normalized spacial score (nSPS) is 11.1. The van der Waals surface area contributed by atoms with E-state index in [4.69, 9.17) is 13.9 Å². The zero-order valence-corrected chi connectivity index (χ0v) is 15.4. The fraction of sp³-hybridized carbons (Fsp3) is 0.182.